The Kier molecular flexibility index (Phi) is 7.34. The lowest BCUT2D eigenvalue weighted by atomic mass is 10.2. The van der Waals surface area contributed by atoms with E-state index in [0.717, 1.165) is 11.3 Å². The van der Waals surface area contributed by atoms with E-state index < -0.39 is 0 Å². The Labute approximate surface area is 201 Å². The molecule has 1 aromatic heterocycles. The number of benzene rings is 3. The summed E-state index contributed by atoms with van der Waals surface area (Å²) in [6.45, 7) is 0. The van der Waals surface area contributed by atoms with Gasteiger partial charge in [-0.3, -0.25) is 4.79 Å². The van der Waals surface area contributed by atoms with Gasteiger partial charge in [0, 0.05) is 23.4 Å². The van der Waals surface area contributed by atoms with Gasteiger partial charge in [-0.05, 0) is 12.1 Å². The van der Waals surface area contributed by atoms with Crippen LogP contribution in [0.25, 0.3) is 17.1 Å². The van der Waals surface area contributed by atoms with Gasteiger partial charge in [-0.1, -0.05) is 60.3 Å². The van der Waals surface area contributed by atoms with Gasteiger partial charge in [0.1, 0.15) is 0 Å². The van der Waals surface area contributed by atoms with Crippen molar-refractivity contribution in [3.05, 3.63) is 72.8 Å². The first kappa shape index (κ1) is 23.2. The molecule has 0 saturated heterocycles. The fraction of sp³-hybridized carbons (Fsp3) is 0.160. The highest BCUT2D eigenvalue weighted by molar-refractivity contribution is 7.99. The van der Waals surface area contributed by atoms with Crippen molar-refractivity contribution >= 4 is 23.4 Å². The third-order valence-corrected chi connectivity index (χ3v) is 5.74. The van der Waals surface area contributed by atoms with Gasteiger partial charge in [-0.25, -0.2) is 9.67 Å². The molecule has 1 amide bonds. The molecule has 0 aliphatic rings. The summed E-state index contributed by atoms with van der Waals surface area (Å²) in [5, 5.41) is 8.01. The van der Waals surface area contributed by atoms with Crippen molar-refractivity contribution in [2.75, 3.05) is 32.4 Å². The number of hydrogen-bond donors (Lipinski definition) is 1. The van der Waals surface area contributed by atoms with Gasteiger partial charge >= 0.3 is 0 Å². The largest absolute Gasteiger partial charge is 0.493 e. The van der Waals surface area contributed by atoms with Gasteiger partial charge < -0.3 is 19.5 Å². The minimum absolute atomic E-state index is 0.129. The molecule has 4 rings (SSSR count). The maximum Gasteiger partial charge on any atom is 0.234 e. The number of rotatable bonds is 9. The summed E-state index contributed by atoms with van der Waals surface area (Å²) >= 11 is 1.26. The summed E-state index contributed by atoms with van der Waals surface area (Å²) in [4.78, 5) is 17.4. The van der Waals surface area contributed by atoms with Crippen LogP contribution in [-0.2, 0) is 4.79 Å². The molecule has 0 atom stereocenters. The molecule has 0 bridgehead atoms. The molecule has 0 aliphatic heterocycles. The van der Waals surface area contributed by atoms with Crippen LogP contribution in [0.2, 0.25) is 0 Å². The number of amides is 1. The first-order chi connectivity index (χ1) is 16.6. The average Bonchev–Trinajstić information content (AvgIpc) is 3.32. The molecule has 4 aromatic rings. The zero-order valence-corrected chi connectivity index (χ0v) is 19.8. The Balaban J connectivity index is 1.52. The zero-order valence-electron chi connectivity index (χ0n) is 19.0. The monoisotopic (exact) mass is 476 g/mol. The first-order valence-electron chi connectivity index (χ1n) is 10.4. The van der Waals surface area contributed by atoms with E-state index in [1.54, 1.807) is 16.8 Å². The molecular weight excluding hydrogens is 452 g/mol. The second-order valence-electron chi connectivity index (χ2n) is 7.08. The van der Waals surface area contributed by atoms with Crippen LogP contribution in [0.4, 0.5) is 5.69 Å². The van der Waals surface area contributed by atoms with Crippen LogP contribution in [0.1, 0.15) is 0 Å². The molecule has 0 spiro atoms. The van der Waals surface area contributed by atoms with Crippen molar-refractivity contribution in [1.82, 2.24) is 14.8 Å². The Morgan fingerprint density at radius 2 is 1.53 bits per heavy atom. The van der Waals surface area contributed by atoms with E-state index in [1.807, 2.05) is 60.7 Å². The maximum atomic E-state index is 12.7. The highest BCUT2D eigenvalue weighted by Crippen LogP contribution is 2.40. The molecule has 8 nitrogen and oxygen atoms in total. The standard InChI is InChI=1S/C25H24N4O4S/c1-31-20-14-18(15-21(32-2)23(20)33-3)26-22(30)16-34-25-27-24(17-10-6-4-7-11-17)29(28-25)19-12-8-5-9-13-19/h4-15H,16H2,1-3H3,(H,26,30). The van der Waals surface area contributed by atoms with Crippen LogP contribution in [0.15, 0.2) is 78.0 Å². The van der Waals surface area contributed by atoms with E-state index in [4.69, 9.17) is 19.2 Å². The van der Waals surface area contributed by atoms with Crippen molar-refractivity contribution in [2.24, 2.45) is 0 Å². The topological polar surface area (TPSA) is 87.5 Å². The third kappa shape index (κ3) is 5.15. The summed E-state index contributed by atoms with van der Waals surface area (Å²) in [6, 6.07) is 23.0. The van der Waals surface area contributed by atoms with E-state index in [2.05, 4.69) is 10.4 Å². The molecule has 1 N–H and O–H groups in total. The van der Waals surface area contributed by atoms with E-state index in [-0.39, 0.29) is 11.7 Å². The highest BCUT2D eigenvalue weighted by Gasteiger charge is 2.17. The summed E-state index contributed by atoms with van der Waals surface area (Å²) in [5.41, 5.74) is 2.36. The van der Waals surface area contributed by atoms with Crippen molar-refractivity contribution < 1.29 is 19.0 Å². The number of methoxy groups -OCH3 is 3. The summed E-state index contributed by atoms with van der Waals surface area (Å²) in [7, 11) is 4.58. The fourth-order valence-electron chi connectivity index (χ4n) is 3.36. The van der Waals surface area contributed by atoms with E-state index >= 15 is 0 Å². The molecule has 0 radical (unpaired) electrons. The predicted molar refractivity (Wildman–Crippen MR) is 132 cm³/mol. The summed E-state index contributed by atoms with van der Waals surface area (Å²) in [5.74, 6) is 2.00. The average molecular weight is 477 g/mol. The predicted octanol–water partition coefficient (Wildman–Crippen LogP) is 4.69. The molecule has 174 valence electrons. The number of hydrogen-bond acceptors (Lipinski definition) is 7. The van der Waals surface area contributed by atoms with Crippen LogP contribution >= 0.6 is 11.8 Å². The quantitative estimate of drug-likeness (QED) is 0.351. The Bertz CT molecular complexity index is 1180. The number of nitrogens with zero attached hydrogens (tertiary/aromatic N) is 3. The minimum atomic E-state index is -0.211. The van der Waals surface area contributed by atoms with Gasteiger partial charge in [0.15, 0.2) is 17.3 Å². The normalized spacial score (nSPS) is 10.6. The van der Waals surface area contributed by atoms with Gasteiger partial charge in [0.25, 0.3) is 0 Å². The van der Waals surface area contributed by atoms with Crippen LogP contribution in [-0.4, -0.2) is 47.8 Å². The fourth-order valence-corrected chi connectivity index (χ4v) is 3.98. The lowest BCUT2D eigenvalue weighted by Gasteiger charge is -2.14. The third-order valence-electron chi connectivity index (χ3n) is 4.90. The number of carbonyl (C=O) groups is 1. The Morgan fingerprint density at radius 1 is 0.912 bits per heavy atom. The van der Waals surface area contributed by atoms with E-state index in [1.165, 1.54) is 33.1 Å². The van der Waals surface area contributed by atoms with Crippen molar-refractivity contribution in [2.45, 2.75) is 5.16 Å². The molecule has 3 aromatic carbocycles. The number of aromatic nitrogens is 3. The van der Waals surface area contributed by atoms with Gasteiger partial charge in [0.05, 0.1) is 32.8 Å². The van der Waals surface area contributed by atoms with Crippen LogP contribution in [0.5, 0.6) is 17.2 Å². The molecule has 1 heterocycles. The molecule has 34 heavy (non-hydrogen) atoms. The molecule has 9 heteroatoms. The number of para-hydroxylation sites is 1. The van der Waals surface area contributed by atoms with Crippen molar-refractivity contribution in [3.63, 3.8) is 0 Å². The van der Waals surface area contributed by atoms with Crippen LogP contribution in [0, 0.1) is 0 Å². The number of anilines is 1. The minimum Gasteiger partial charge on any atom is -0.493 e. The number of ether oxygens (including phenoxy) is 3. The molecule has 0 aliphatic carbocycles. The van der Waals surface area contributed by atoms with Crippen molar-refractivity contribution in [3.8, 4) is 34.3 Å². The summed E-state index contributed by atoms with van der Waals surface area (Å²) < 4.78 is 17.8. The molecule has 0 fully saturated rings. The van der Waals surface area contributed by atoms with Crippen molar-refractivity contribution in [1.29, 1.82) is 0 Å². The summed E-state index contributed by atoms with van der Waals surface area (Å²) in [6.07, 6.45) is 0. The van der Waals surface area contributed by atoms with Gasteiger partial charge in [-0.15, -0.1) is 5.10 Å². The van der Waals surface area contributed by atoms with Gasteiger partial charge in [-0.2, -0.15) is 0 Å². The second-order valence-corrected chi connectivity index (χ2v) is 8.02. The van der Waals surface area contributed by atoms with E-state index in [9.17, 15) is 4.79 Å². The molecule has 0 unspecified atom stereocenters. The zero-order chi connectivity index (χ0) is 23.9. The first-order valence-corrected chi connectivity index (χ1v) is 11.4. The Morgan fingerprint density at radius 3 is 2.12 bits per heavy atom. The van der Waals surface area contributed by atoms with Crippen LogP contribution in [0.3, 0.4) is 0 Å². The lowest BCUT2D eigenvalue weighted by Crippen LogP contribution is -2.14. The SMILES string of the molecule is COc1cc(NC(=O)CSc2nc(-c3ccccc3)n(-c3ccccc3)n2)cc(OC)c1OC. The highest BCUT2D eigenvalue weighted by atomic mass is 32.2. The number of nitrogens with one attached hydrogen (secondary N) is 1. The smallest absolute Gasteiger partial charge is 0.234 e. The second kappa shape index (κ2) is 10.8. The molecule has 0 saturated carbocycles. The van der Waals surface area contributed by atoms with Gasteiger partial charge in [0.2, 0.25) is 16.8 Å². The molecular formula is C25H24N4O4S. The van der Waals surface area contributed by atoms with Crippen LogP contribution < -0.4 is 19.5 Å². The lowest BCUT2D eigenvalue weighted by molar-refractivity contribution is -0.113. The Hall–Kier alpha value is -3.98. The maximum absolute atomic E-state index is 12.7. The number of thioether (sulfide) groups is 1. The van der Waals surface area contributed by atoms with E-state index in [0.29, 0.717) is 33.9 Å². The number of carbonyl (C=O) groups excluding carboxylic acids is 1.